The van der Waals surface area contributed by atoms with Crippen LogP contribution in [0, 0.1) is 5.82 Å². The van der Waals surface area contributed by atoms with Gasteiger partial charge in [0, 0.05) is 45.1 Å². The number of benzene rings is 2. The normalized spacial score (nSPS) is 19.3. The van der Waals surface area contributed by atoms with Crippen LogP contribution in [0.3, 0.4) is 0 Å². The fourth-order valence-electron chi connectivity index (χ4n) is 4.58. The highest BCUT2D eigenvalue weighted by Crippen LogP contribution is 2.31. The third-order valence-corrected chi connectivity index (χ3v) is 6.63. The predicted molar refractivity (Wildman–Crippen MR) is 127 cm³/mol. The Bertz CT molecular complexity index is 1010. The van der Waals surface area contributed by atoms with Crippen LogP contribution in [0.2, 0.25) is 5.02 Å². The molecule has 176 valence electrons. The first kappa shape index (κ1) is 23.4. The maximum Gasteiger partial charge on any atom is 0.247 e. The van der Waals surface area contributed by atoms with E-state index < -0.39 is 6.04 Å². The van der Waals surface area contributed by atoms with Gasteiger partial charge >= 0.3 is 0 Å². The SMILES string of the molecule is CC(=O)N1CCCCC1C(=O)Nc1ccc(OC2CCN(c3ccccc3F)CC2)c(Cl)c1. The molecular formula is C25H29ClFN3O3. The minimum absolute atomic E-state index is 0.0164. The van der Waals surface area contributed by atoms with Crippen molar-refractivity contribution in [2.75, 3.05) is 29.9 Å². The average Bonchev–Trinajstić information content (AvgIpc) is 2.81. The Labute approximate surface area is 198 Å². The molecule has 2 aromatic carbocycles. The van der Waals surface area contributed by atoms with Gasteiger partial charge in [-0.15, -0.1) is 0 Å². The number of hydrogen-bond donors (Lipinski definition) is 1. The zero-order valence-electron chi connectivity index (χ0n) is 18.7. The van der Waals surface area contributed by atoms with E-state index in [1.54, 1.807) is 35.2 Å². The molecular weight excluding hydrogens is 445 g/mol. The predicted octanol–water partition coefficient (Wildman–Crippen LogP) is 4.87. The third kappa shape index (κ3) is 5.58. The summed E-state index contributed by atoms with van der Waals surface area (Å²) in [6.45, 7) is 3.50. The Morgan fingerprint density at radius 3 is 2.52 bits per heavy atom. The van der Waals surface area contributed by atoms with E-state index >= 15 is 0 Å². The zero-order chi connectivity index (χ0) is 23.4. The van der Waals surface area contributed by atoms with Crippen molar-refractivity contribution in [2.45, 2.75) is 51.2 Å². The third-order valence-electron chi connectivity index (χ3n) is 6.34. The summed E-state index contributed by atoms with van der Waals surface area (Å²) < 4.78 is 20.1. The van der Waals surface area contributed by atoms with Crippen molar-refractivity contribution in [3.63, 3.8) is 0 Å². The average molecular weight is 474 g/mol. The first-order valence-corrected chi connectivity index (χ1v) is 11.8. The molecule has 2 heterocycles. The van der Waals surface area contributed by atoms with E-state index in [0.717, 1.165) is 25.7 Å². The van der Waals surface area contributed by atoms with Crippen LogP contribution >= 0.6 is 11.6 Å². The van der Waals surface area contributed by atoms with Crippen LogP contribution in [0.4, 0.5) is 15.8 Å². The number of carbonyl (C=O) groups excluding carboxylic acids is 2. The highest BCUT2D eigenvalue weighted by molar-refractivity contribution is 6.32. The summed E-state index contributed by atoms with van der Waals surface area (Å²) in [5.41, 5.74) is 1.19. The second-order valence-electron chi connectivity index (χ2n) is 8.61. The Kier molecular flexibility index (Phi) is 7.38. The lowest BCUT2D eigenvalue weighted by Crippen LogP contribution is -2.49. The highest BCUT2D eigenvalue weighted by atomic mass is 35.5. The van der Waals surface area contributed by atoms with Crippen LogP contribution in [-0.2, 0) is 9.59 Å². The molecule has 4 rings (SSSR count). The lowest BCUT2D eigenvalue weighted by atomic mass is 10.0. The number of anilines is 2. The smallest absolute Gasteiger partial charge is 0.247 e. The van der Waals surface area contributed by atoms with E-state index in [1.807, 2.05) is 11.0 Å². The first-order valence-electron chi connectivity index (χ1n) is 11.5. The van der Waals surface area contributed by atoms with E-state index in [2.05, 4.69) is 5.32 Å². The second kappa shape index (κ2) is 10.4. The molecule has 0 bridgehead atoms. The van der Waals surface area contributed by atoms with Crippen molar-refractivity contribution >= 4 is 34.8 Å². The molecule has 1 atom stereocenters. The summed E-state index contributed by atoms with van der Waals surface area (Å²) in [6, 6.07) is 11.5. The van der Waals surface area contributed by atoms with Gasteiger partial charge in [0.1, 0.15) is 23.7 Å². The Morgan fingerprint density at radius 2 is 1.82 bits per heavy atom. The number of para-hydroxylation sites is 1. The van der Waals surface area contributed by atoms with Crippen LogP contribution in [0.1, 0.15) is 39.0 Å². The summed E-state index contributed by atoms with van der Waals surface area (Å²) in [5, 5.41) is 3.30. The van der Waals surface area contributed by atoms with Crippen molar-refractivity contribution in [2.24, 2.45) is 0 Å². The first-order chi connectivity index (χ1) is 15.9. The van der Waals surface area contributed by atoms with Gasteiger partial charge in [-0.25, -0.2) is 4.39 Å². The Balaban J connectivity index is 1.33. The van der Waals surface area contributed by atoms with Crippen molar-refractivity contribution < 1.29 is 18.7 Å². The van der Waals surface area contributed by atoms with Crippen LogP contribution in [-0.4, -0.2) is 48.5 Å². The molecule has 8 heteroatoms. The number of rotatable bonds is 5. The van der Waals surface area contributed by atoms with Crippen molar-refractivity contribution in [3.05, 3.63) is 53.3 Å². The van der Waals surface area contributed by atoms with Gasteiger partial charge in [-0.2, -0.15) is 0 Å². The minimum atomic E-state index is -0.453. The molecule has 2 fully saturated rings. The lowest BCUT2D eigenvalue weighted by Gasteiger charge is -2.34. The number of ether oxygens (including phenoxy) is 1. The van der Waals surface area contributed by atoms with Crippen LogP contribution in [0.5, 0.6) is 5.75 Å². The van der Waals surface area contributed by atoms with Gasteiger partial charge in [-0.1, -0.05) is 23.7 Å². The molecule has 2 aliphatic heterocycles. The number of carbonyl (C=O) groups is 2. The van der Waals surface area contributed by atoms with Crippen LogP contribution in [0.15, 0.2) is 42.5 Å². The molecule has 33 heavy (non-hydrogen) atoms. The summed E-state index contributed by atoms with van der Waals surface area (Å²) in [4.78, 5) is 28.3. The quantitative estimate of drug-likeness (QED) is 0.673. The zero-order valence-corrected chi connectivity index (χ0v) is 19.5. The summed E-state index contributed by atoms with van der Waals surface area (Å²) in [6.07, 6.45) is 3.99. The van der Waals surface area contributed by atoms with Crippen molar-refractivity contribution in [1.29, 1.82) is 0 Å². The largest absolute Gasteiger partial charge is 0.489 e. The van der Waals surface area contributed by atoms with E-state index in [9.17, 15) is 14.0 Å². The van der Waals surface area contributed by atoms with Gasteiger partial charge in [0.05, 0.1) is 10.7 Å². The van der Waals surface area contributed by atoms with Crippen molar-refractivity contribution in [1.82, 2.24) is 4.90 Å². The molecule has 0 aromatic heterocycles. The number of piperidine rings is 2. The van der Waals surface area contributed by atoms with E-state index in [1.165, 1.54) is 13.0 Å². The minimum Gasteiger partial charge on any atom is -0.489 e. The number of nitrogens with one attached hydrogen (secondary N) is 1. The molecule has 1 unspecified atom stereocenters. The van der Waals surface area contributed by atoms with Gasteiger partial charge in [0.2, 0.25) is 11.8 Å². The van der Waals surface area contributed by atoms with Gasteiger partial charge in [-0.3, -0.25) is 9.59 Å². The van der Waals surface area contributed by atoms with E-state index in [4.69, 9.17) is 16.3 Å². The maximum atomic E-state index is 14.0. The maximum absolute atomic E-state index is 14.0. The monoisotopic (exact) mass is 473 g/mol. The standard InChI is InChI=1S/C25H29ClFN3O3/c1-17(31)30-13-5-4-8-23(30)25(32)28-18-9-10-24(20(26)16-18)33-19-11-14-29(15-12-19)22-7-3-2-6-21(22)27/h2-3,6-7,9-10,16,19,23H,4-5,8,11-15H2,1H3,(H,28,32). The number of nitrogens with zero attached hydrogens (tertiary/aromatic N) is 2. The number of hydrogen-bond acceptors (Lipinski definition) is 4. The van der Waals surface area contributed by atoms with Gasteiger partial charge in [0.25, 0.3) is 0 Å². The molecule has 6 nitrogen and oxygen atoms in total. The van der Waals surface area contributed by atoms with Crippen LogP contribution in [0.25, 0.3) is 0 Å². The second-order valence-corrected chi connectivity index (χ2v) is 9.02. The molecule has 2 amide bonds. The molecule has 0 saturated carbocycles. The van der Waals surface area contributed by atoms with Gasteiger partial charge in [0.15, 0.2) is 0 Å². The van der Waals surface area contributed by atoms with Gasteiger partial charge in [-0.05, 0) is 49.6 Å². The topological polar surface area (TPSA) is 61.9 Å². The summed E-state index contributed by atoms with van der Waals surface area (Å²) >= 11 is 6.44. The summed E-state index contributed by atoms with van der Waals surface area (Å²) in [5.74, 6) is 0.0621. The molecule has 0 aliphatic carbocycles. The van der Waals surface area contributed by atoms with E-state index in [-0.39, 0.29) is 23.7 Å². The number of halogens is 2. The Morgan fingerprint density at radius 1 is 1.06 bits per heavy atom. The molecule has 0 spiro atoms. The summed E-state index contributed by atoms with van der Waals surface area (Å²) in [7, 11) is 0. The molecule has 2 aromatic rings. The van der Waals surface area contributed by atoms with Crippen LogP contribution < -0.4 is 15.0 Å². The number of amides is 2. The Hall–Kier alpha value is -2.80. The fourth-order valence-corrected chi connectivity index (χ4v) is 4.81. The molecule has 0 radical (unpaired) electrons. The van der Waals surface area contributed by atoms with E-state index in [0.29, 0.717) is 48.2 Å². The molecule has 1 N–H and O–H groups in total. The number of likely N-dealkylation sites (tertiary alicyclic amines) is 1. The van der Waals surface area contributed by atoms with Gasteiger partial charge < -0.3 is 19.9 Å². The molecule has 2 aliphatic rings. The molecule has 2 saturated heterocycles. The lowest BCUT2D eigenvalue weighted by molar-refractivity contribution is -0.138. The fraction of sp³-hybridized carbons (Fsp3) is 0.440. The van der Waals surface area contributed by atoms with Crippen molar-refractivity contribution in [3.8, 4) is 5.75 Å². The highest BCUT2D eigenvalue weighted by Gasteiger charge is 2.30.